The Morgan fingerprint density at radius 2 is 2.00 bits per heavy atom. The van der Waals surface area contributed by atoms with Crippen molar-refractivity contribution in [3.63, 3.8) is 0 Å². The summed E-state index contributed by atoms with van der Waals surface area (Å²) in [5.41, 5.74) is 2.25. The molecule has 14 heavy (non-hydrogen) atoms. The number of aldehydes is 1. The first kappa shape index (κ1) is 10.7. The van der Waals surface area contributed by atoms with E-state index < -0.39 is 0 Å². The fourth-order valence-corrected chi connectivity index (χ4v) is 1.41. The number of carbonyl (C=O) groups excluding carboxylic acids is 1. The van der Waals surface area contributed by atoms with Crippen LogP contribution in [-0.2, 0) is 11.2 Å². The average Bonchev–Trinajstić information content (AvgIpc) is 2.26. The summed E-state index contributed by atoms with van der Waals surface area (Å²) < 4.78 is 0. The standard InChI is InChI=1S/C13H16O/c1-2-12(11-14)9-6-10-13-7-4-3-5-8-13/h2-5,7-8,11H,6,9-10H2,1H3. The molecule has 0 fully saturated rings. The minimum absolute atomic E-state index is 0.884. The van der Waals surface area contributed by atoms with Gasteiger partial charge in [-0.2, -0.15) is 0 Å². The van der Waals surface area contributed by atoms with E-state index in [0.29, 0.717) is 0 Å². The summed E-state index contributed by atoms with van der Waals surface area (Å²) in [6.45, 7) is 1.91. The number of aryl methyl sites for hydroxylation is 1. The van der Waals surface area contributed by atoms with Gasteiger partial charge >= 0.3 is 0 Å². The normalized spacial score (nSPS) is 11.4. The minimum atomic E-state index is 0.884. The first-order chi connectivity index (χ1) is 6.86. The van der Waals surface area contributed by atoms with E-state index in [1.807, 2.05) is 31.2 Å². The van der Waals surface area contributed by atoms with E-state index in [4.69, 9.17) is 0 Å². The van der Waals surface area contributed by atoms with Crippen molar-refractivity contribution >= 4 is 6.29 Å². The third-order valence-electron chi connectivity index (χ3n) is 2.30. The molecule has 0 saturated heterocycles. The second-order valence-electron chi connectivity index (χ2n) is 3.32. The molecule has 0 heterocycles. The van der Waals surface area contributed by atoms with Gasteiger partial charge in [-0.3, -0.25) is 4.79 Å². The number of hydrogen-bond acceptors (Lipinski definition) is 1. The van der Waals surface area contributed by atoms with Crippen molar-refractivity contribution in [1.82, 2.24) is 0 Å². The molecule has 0 aliphatic carbocycles. The fraction of sp³-hybridized carbons (Fsp3) is 0.308. The number of hydrogen-bond donors (Lipinski definition) is 0. The Labute approximate surface area is 85.5 Å². The van der Waals surface area contributed by atoms with Gasteiger partial charge in [-0.05, 0) is 37.3 Å². The maximum absolute atomic E-state index is 10.5. The van der Waals surface area contributed by atoms with Crippen LogP contribution in [0.3, 0.4) is 0 Å². The molecule has 1 rings (SSSR count). The van der Waals surface area contributed by atoms with Crippen LogP contribution in [0.4, 0.5) is 0 Å². The maximum Gasteiger partial charge on any atom is 0.145 e. The van der Waals surface area contributed by atoms with Crippen molar-refractivity contribution in [2.75, 3.05) is 0 Å². The van der Waals surface area contributed by atoms with Gasteiger partial charge in [0, 0.05) is 0 Å². The van der Waals surface area contributed by atoms with Crippen LogP contribution in [0.2, 0.25) is 0 Å². The highest BCUT2D eigenvalue weighted by atomic mass is 16.1. The zero-order valence-corrected chi connectivity index (χ0v) is 8.57. The second-order valence-corrected chi connectivity index (χ2v) is 3.32. The predicted molar refractivity (Wildman–Crippen MR) is 59.2 cm³/mol. The Hall–Kier alpha value is -1.37. The molecule has 0 unspecified atom stereocenters. The Bertz CT molecular complexity index is 298. The number of allylic oxidation sites excluding steroid dienone is 2. The Kier molecular flexibility index (Phi) is 4.70. The molecule has 0 radical (unpaired) electrons. The third kappa shape index (κ3) is 3.56. The van der Waals surface area contributed by atoms with E-state index in [-0.39, 0.29) is 0 Å². The van der Waals surface area contributed by atoms with Crippen LogP contribution in [0, 0.1) is 0 Å². The quantitative estimate of drug-likeness (QED) is 0.512. The number of rotatable bonds is 5. The zero-order valence-electron chi connectivity index (χ0n) is 8.57. The van der Waals surface area contributed by atoms with Crippen LogP contribution in [0.25, 0.3) is 0 Å². The number of benzene rings is 1. The highest BCUT2D eigenvalue weighted by Gasteiger charge is 1.95. The van der Waals surface area contributed by atoms with Gasteiger partial charge in [0.15, 0.2) is 0 Å². The first-order valence-corrected chi connectivity index (χ1v) is 5.01. The topological polar surface area (TPSA) is 17.1 Å². The van der Waals surface area contributed by atoms with E-state index in [1.165, 1.54) is 5.56 Å². The molecule has 0 atom stereocenters. The molecule has 0 N–H and O–H groups in total. The van der Waals surface area contributed by atoms with Crippen LogP contribution in [0.15, 0.2) is 42.0 Å². The summed E-state index contributed by atoms with van der Waals surface area (Å²) in [6, 6.07) is 10.4. The molecule has 0 amide bonds. The lowest BCUT2D eigenvalue weighted by atomic mass is 10.0. The summed E-state index contributed by atoms with van der Waals surface area (Å²) in [5, 5.41) is 0. The van der Waals surface area contributed by atoms with E-state index in [1.54, 1.807) is 0 Å². The van der Waals surface area contributed by atoms with Gasteiger partial charge < -0.3 is 0 Å². The molecule has 1 heteroatoms. The maximum atomic E-state index is 10.5. The van der Waals surface area contributed by atoms with Crippen molar-refractivity contribution in [3.05, 3.63) is 47.5 Å². The fourth-order valence-electron chi connectivity index (χ4n) is 1.41. The summed E-state index contributed by atoms with van der Waals surface area (Å²) in [5.74, 6) is 0. The Balaban J connectivity index is 2.32. The van der Waals surface area contributed by atoms with Gasteiger partial charge in [0.2, 0.25) is 0 Å². The molecule has 1 aromatic carbocycles. The van der Waals surface area contributed by atoms with Gasteiger partial charge in [-0.25, -0.2) is 0 Å². The molecule has 0 aliphatic rings. The van der Waals surface area contributed by atoms with Crippen LogP contribution < -0.4 is 0 Å². The summed E-state index contributed by atoms with van der Waals surface area (Å²) >= 11 is 0. The lowest BCUT2D eigenvalue weighted by Crippen LogP contribution is -1.89. The summed E-state index contributed by atoms with van der Waals surface area (Å²) in [6.07, 6.45) is 5.81. The minimum Gasteiger partial charge on any atom is -0.298 e. The predicted octanol–water partition coefficient (Wildman–Crippen LogP) is 3.15. The van der Waals surface area contributed by atoms with Crippen LogP contribution in [-0.4, -0.2) is 6.29 Å². The van der Waals surface area contributed by atoms with E-state index in [0.717, 1.165) is 31.1 Å². The van der Waals surface area contributed by atoms with Crippen LogP contribution in [0.1, 0.15) is 25.3 Å². The van der Waals surface area contributed by atoms with E-state index >= 15 is 0 Å². The smallest absolute Gasteiger partial charge is 0.145 e. The molecule has 0 aromatic heterocycles. The van der Waals surface area contributed by atoms with Crippen molar-refractivity contribution in [1.29, 1.82) is 0 Å². The van der Waals surface area contributed by atoms with Crippen molar-refractivity contribution in [2.45, 2.75) is 26.2 Å². The Morgan fingerprint density at radius 1 is 1.29 bits per heavy atom. The molecule has 74 valence electrons. The molecular weight excluding hydrogens is 172 g/mol. The van der Waals surface area contributed by atoms with Gasteiger partial charge in [0.1, 0.15) is 6.29 Å². The van der Waals surface area contributed by atoms with Crippen LogP contribution >= 0.6 is 0 Å². The summed E-state index contributed by atoms with van der Waals surface area (Å²) in [7, 11) is 0. The summed E-state index contributed by atoms with van der Waals surface area (Å²) in [4.78, 5) is 10.5. The second kappa shape index (κ2) is 6.14. The lowest BCUT2D eigenvalue weighted by Gasteiger charge is -2.00. The molecule has 0 aliphatic heterocycles. The number of carbonyl (C=O) groups is 1. The van der Waals surface area contributed by atoms with Crippen molar-refractivity contribution in [3.8, 4) is 0 Å². The molecular formula is C13H16O. The van der Waals surface area contributed by atoms with Gasteiger partial charge in [-0.1, -0.05) is 36.4 Å². The monoisotopic (exact) mass is 188 g/mol. The third-order valence-corrected chi connectivity index (χ3v) is 2.30. The largest absolute Gasteiger partial charge is 0.298 e. The van der Waals surface area contributed by atoms with E-state index in [9.17, 15) is 4.79 Å². The SMILES string of the molecule is CC=C(C=O)CCCc1ccccc1. The van der Waals surface area contributed by atoms with Gasteiger partial charge in [0.05, 0.1) is 0 Å². The molecule has 0 spiro atoms. The Morgan fingerprint density at radius 3 is 2.57 bits per heavy atom. The zero-order chi connectivity index (χ0) is 10.2. The molecule has 1 aromatic rings. The molecule has 0 saturated carbocycles. The average molecular weight is 188 g/mol. The highest BCUT2D eigenvalue weighted by molar-refractivity contribution is 5.72. The van der Waals surface area contributed by atoms with Gasteiger partial charge in [-0.15, -0.1) is 0 Å². The molecule has 0 bridgehead atoms. The highest BCUT2D eigenvalue weighted by Crippen LogP contribution is 2.08. The van der Waals surface area contributed by atoms with Crippen molar-refractivity contribution in [2.24, 2.45) is 0 Å². The molecule has 1 nitrogen and oxygen atoms in total. The lowest BCUT2D eigenvalue weighted by molar-refractivity contribution is -0.105. The van der Waals surface area contributed by atoms with Gasteiger partial charge in [0.25, 0.3) is 0 Å². The van der Waals surface area contributed by atoms with E-state index in [2.05, 4.69) is 12.1 Å². The first-order valence-electron chi connectivity index (χ1n) is 5.01. The van der Waals surface area contributed by atoms with Crippen LogP contribution in [0.5, 0.6) is 0 Å². The van der Waals surface area contributed by atoms with Crippen molar-refractivity contribution < 1.29 is 4.79 Å².